The van der Waals surface area contributed by atoms with E-state index in [1.165, 1.54) is 0 Å². The number of anilines is 2. The molecule has 5 heteroatoms. The Morgan fingerprint density at radius 1 is 1.61 bits per heavy atom. The smallest absolute Gasteiger partial charge is 0.140 e. The highest BCUT2D eigenvalue weighted by Gasteiger charge is 2.49. The van der Waals surface area contributed by atoms with E-state index in [0.29, 0.717) is 17.8 Å². The maximum atomic E-state index is 5.72. The molecule has 0 amide bonds. The topological polar surface area (TPSA) is 60.2 Å². The third-order valence-electron chi connectivity index (χ3n) is 3.72. The number of pyridine rings is 1. The molecule has 1 aliphatic carbocycles. The van der Waals surface area contributed by atoms with Crippen molar-refractivity contribution in [2.24, 2.45) is 5.41 Å². The van der Waals surface area contributed by atoms with E-state index in [9.17, 15) is 0 Å². The fraction of sp³-hybridized carbons (Fsp3) is 0.615. The summed E-state index contributed by atoms with van der Waals surface area (Å²) in [5.74, 6) is 0.845. The average Bonchev–Trinajstić information content (AvgIpc) is 2.30. The Labute approximate surface area is 116 Å². The van der Waals surface area contributed by atoms with Crippen molar-refractivity contribution in [3.05, 3.63) is 16.7 Å². The Balaban J connectivity index is 2.03. The lowest BCUT2D eigenvalue weighted by atomic mass is 9.64. The number of aromatic nitrogens is 1. The van der Waals surface area contributed by atoms with Crippen molar-refractivity contribution in [3.63, 3.8) is 0 Å². The molecule has 0 aliphatic heterocycles. The van der Waals surface area contributed by atoms with Gasteiger partial charge in [0.1, 0.15) is 5.82 Å². The number of hydrogen-bond donors (Lipinski definition) is 2. The van der Waals surface area contributed by atoms with Gasteiger partial charge in [0.25, 0.3) is 0 Å². The molecule has 2 unspecified atom stereocenters. The van der Waals surface area contributed by atoms with Crippen LogP contribution in [0, 0.1) is 5.41 Å². The van der Waals surface area contributed by atoms with E-state index in [2.05, 4.69) is 40.1 Å². The zero-order valence-electron chi connectivity index (χ0n) is 11.0. The van der Waals surface area contributed by atoms with Gasteiger partial charge in [-0.15, -0.1) is 0 Å². The summed E-state index contributed by atoms with van der Waals surface area (Å²) in [7, 11) is 0. The second-order valence-electron chi connectivity index (χ2n) is 5.30. The lowest BCUT2D eigenvalue weighted by Crippen LogP contribution is -2.58. The minimum absolute atomic E-state index is 0.124. The average molecular weight is 314 g/mol. The molecule has 1 fully saturated rings. The van der Waals surface area contributed by atoms with Crippen molar-refractivity contribution in [2.75, 3.05) is 17.7 Å². The Bertz CT molecular complexity index is 436. The number of nitrogens with two attached hydrogens (primary N) is 1. The Hall–Kier alpha value is -0.810. The van der Waals surface area contributed by atoms with E-state index in [1.54, 1.807) is 6.20 Å². The number of halogens is 1. The summed E-state index contributed by atoms with van der Waals surface area (Å²) in [4.78, 5) is 4.31. The highest BCUT2D eigenvalue weighted by molar-refractivity contribution is 9.10. The molecule has 1 aromatic heterocycles. The fourth-order valence-corrected chi connectivity index (χ4v) is 2.82. The van der Waals surface area contributed by atoms with Crippen LogP contribution in [0.4, 0.5) is 11.5 Å². The van der Waals surface area contributed by atoms with E-state index in [1.807, 2.05) is 13.0 Å². The summed E-state index contributed by atoms with van der Waals surface area (Å²) >= 11 is 3.48. The van der Waals surface area contributed by atoms with Crippen molar-refractivity contribution >= 4 is 27.4 Å². The monoisotopic (exact) mass is 313 g/mol. The van der Waals surface area contributed by atoms with Gasteiger partial charge in [-0.3, -0.25) is 0 Å². The molecule has 2 atom stereocenters. The van der Waals surface area contributed by atoms with Gasteiger partial charge in [0.05, 0.1) is 22.5 Å². The highest BCUT2D eigenvalue weighted by atomic mass is 79.9. The second-order valence-corrected chi connectivity index (χ2v) is 6.15. The first-order valence-corrected chi connectivity index (χ1v) is 7.03. The summed E-state index contributed by atoms with van der Waals surface area (Å²) < 4.78 is 6.62. The van der Waals surface area contributed by atoms with Crippen LogP contribution in [0.5, 0.6) is 0 Å². The van der Waals surface area contributed by atoms with Gasteiger partial charge >= 0.3 is 0 Å². The van der Waals surface area contributed by atoms with Gasteiger partial charge in [0.15, 0.2) is 0 Å². The lowest BCUT2D eigenvalue weighted by Gasteiger charge is -2.51. The summed E-state index contributed by atoms with van der Waals surface area (Å²) in [5.41, 5.74) is 6.46. The summed E-state index contributed by atoms with van der Waals surface area (Å²) in [6, 6.07) is 2.24. The first kappa shape index (κ1) is 13.6. The third-order valence-corrected chi connectivity index (χ3v) is 4.32. The minimum Gasteiger partial charge on any atom is -0.397 e. The summed E-state index contributed by atoms with van der Waals surface area (Å²) in [6.45, 7) is 7.25. The molecule has 0 spiro atoms. The van der Waals surface area contributed by atoms with Crippen LogP contribution in [0.2, 0.25) is 0 Å². The Kier molecular flexibility index (Phi) is 3.82. The molecule has 0 saturated heterocycles. The van der Waals surface area contributed by atoms with Crippen molar-refractivity contribution in [3.8, 4) is 0 Å². The Morgan fingerprint density at radius 2 is 2.33 bits per heavy atom. The SMILES string of the molecule is CCOC1CC(Nc2ncc(N)cc2Br)C1(C)C. The van der Waals surface area contributed by atoms with E-state index >= 15 is 0 Å². The van der Waals surface area contributed by atoms with Crippen LogP contribution in [0.1, 0.15) is 27.2 Å². The van der Waals surface area contributed by atoms with Gasteiger partial charge in [0, 0.05) is 18.1 Å². The molecule has 4 nitrogen and oxygen atoms in total. The molecule has 0 radical (unpaired) electrons. The van der Waals surface area contributed by atoms with Gasteiger partial charge in [-0.05, 0) is 35.3 Å². The largest absolute Gasteiger partial charge is 0.397 e. The zero-order chi connectivity index (χ0) is 13.3. The third kappa shape index (κ3) is 2.47. The van der Waals surface area contributed by atoms with Gasteiger partial charge < -0.3 is 15.8 Å². The zero-order valence-corrected chi connectivity index (χ0v) is 12.6. The van der Waals surface area contributed by atoms with Crippen LogP contribution >= 0.6 is 15.9 Å². The maximum absolute atomic E-state index is 5.72. The maximum Gasteiger partial charge on any atom is 0.140 e. The van der Waals surface area contributed by atoms with Gasteiger partial charge in [-0.1, -0.05) is 13.8 Å². The lowest BCUT2D eigenvalue weighted by molar-refractivity contribution is -0.0976. The van der Waals surface area contributed by atoms with Crippen LogP contribution in [0.3, 0.4) is 0 Å². The fourth-order valence-electron chi connectivity index (χ4n) is 2.34. The summed E-state index contributed by atoms with van der Waals surface area (Å²) in [5, 5.41) is 3.46. The number of nitrogens with one attached hydrogen (secondary N) is 1. The molecule has 0 aromatic carbocycles. The van der Waals surface area contributed by atoms with Crippen molar-refractivity contribution in [1.82, 2.24) is 4.98 Å². The van der Waals surface area contributed by atoms with E-state index in [-0.39, 0.29) is 5.41 Å². The van der Waals surface area contributed by atoms with Crippen LogP contribution in [0.15, 0.2) is 16.7 Å². The standard InChI is InChI=1S/C13H20BrN3O/c1-4-18-11-6-10(13(11,2)3)17-12-9(14)5-8(15)7-16-12/h5,7,10-11H,4,6,15H2,1-3H3,(H,16,17). The van der Waals surface area contributed by atoms with Crippen LogP contribution in [-0.2, 0) is 4.74 Å². The van der Waals surface area contributed by atoms with E-state index < -0.39 is 0 Å². The molecule has 0 bridgehead atoms. The van der Waals surface area contributed by atoms with Crippen molar-refractivity contribution < 1.29 is 4.74 Å². The van der Waals surface area contributed by atoms with Gasteiger partial charge in [-0.2, -0.15) is 0 Å². The first-order chi connectivity index (χ1) is 8.45. The quantitative estimate of drug-likeness (QED) is 0.897. The normalized spacial score (nSPS) is 25.6. The van der Waals surface area contributed by atoms with Gasteiger partial charge in [0.2, 0.25) is 0 Å². The number of ether oxygens (including phenoxy) is 1. The predicted molar refractivity (Wildman–Crippen MR) is 77.6 cm³/mol. The molecule has 100 valence electrons. The number of rotatable bonds is 4. The molecule has 1 aromatic rings. The van der Waals surface area contributed by atoms with Crippen LogP contribution < -0.4 is 11.1 Å². The molecule has 2 rings (SSSR count). The first-order valence-electron chi connectivity index (χ1n) is 6.24. The number of nitrogen functional groups attached to an aromatic ring is 1. The summed E-state index contributed by atoms with van der Waals surface area (Å²) in [6.07, 6.45) is 3.01. The van der Waals surface area contributed by atoms with E-state index in [0.717, 1.165) is 23.3 Å². The molecule has 1 heterocycles. The van der Waals surface area contributed by atoms with E-state index in [4.69, 9.17) is 10.5 Å². The molecule has 1 saturated carbocycles. The Morgan fingerprint density at radius 3 is 2.89 bits per heavy atom. The molecule has 18 heavy (non-hydrogen) atoms. The minimum atomic E-state index is 0.124. The predicted octanol–water partition coefficient (Wildman–Crippen LogP) is 3.04. The van der Waals surface area contributed by atoms with Crippen LogP contribution in [0.25, 0.3) is 0 Å². The highest BCUT2D eigenvalue weighted by Crippen LogP contribution is 2.44. The molecular formula is C13H20BrN3O. The number of nitrogens with zero attached hydrogens (tertiary/aromatic N) is 1. The second kappa shape index (κ2) is 5.05. The van der Waals surface area contributed by atoms with Gasteiger partial charge in [-0.25, -0.2) is 4.98 Å². The number of hydrogen-bond acceptors (Lipinski definition) is 4. The van der Waals surface area contributed by atoms with Crippen molar-refractivity contribution in [2.45, 2.75) is 39.3 Å². The van der Waals surface area contributed by atoms with Crippen LogP contribution in [-0.4, -0.2) is 23.7 Å². The molecule has 3 N–H and O–H groups in total. The molecule has 1 aliphatic rings. The molecular weight excluding hydrogens is 294 g/mol. The van der Waals surface area contributed by atoms with Crippen molar-refractivity contribution in [1.29, 1.82) is 0 Å².